The summed E-state index contributed by atoms with van der Waals surface area (Å²) in [7, 11) is 0. The molecule has 2 N–H and O–H groups in total. The molecule has 3 aromatic rings. The molecular formula is C22H20F3N5O4S. The predicted molar refractivity (Wildman–Crippen MR) is 117 cm³/mol. The molecule has 2 heterocycles. The molecule has 1 atom stereocenters. The second-order valence-corrected chi connectivity index (χ2v) is 9.64. The van der Waals surface area contributed by atoms with Crippen molar-refractivity contribution < 1.29 is 32.6 Å². The summed E-state index contributed by atoms with van der Waals surface area (Å²) in [4.78, 5) is 33.0. The van der Waals surface area contributed by atoms with Crippen LogP contribution in [0, 0.1) is 0 Å². The van der Waals surface area contributed by atoms with E-state index in [0.717, 1.165) is 43.1 Å². The van der Waals surface area contributed by atoms with E-state index in [1.54, 1.807) is 13.0 Å². The molecule has 0 aliphatic heterocycles. The van der Waals surface area contributed by atoms with Gasteiger partial charge < -0.3 is 15.2 Å². The van der Waals surface area contributed by atoms with Gasteiger partial charge in [0.05, 0.1) is 12.2 Å². The molecule has 9 nitrogen and oxygen atoms in total. The number of nitrogens with zero attached hydrogens (tertiary/aromatic N) is 4. The summed E-state index contributed by atoms with van der Waals surface area (Å²) in [6.45, 7) is 1.67. The van der Waals surface area contributed by atoms with Gasteiger partial charge in [-0.15, -0.1) is 18.3 Å². The van der Waals surface area contributed by atoms with E-state index in [-0.39, 0.29) is 27.4 Å². The van der Waals surface area contributed by atoms with Crippen LogP contribution in [0.4, 0.5) is 13.2 Å². The van der Waals surface area contributed by atoms with Gasteiger partial charge in [0, 0.05) is 11.5 Å². The predicted octanol–water partition coefficient (Wildman–Crippen LogP) is 4.57. The van der Waals surface area contributed by atoms with Gasteiger partial charge in [-0.05, 0) is 62.3 Å². The Kier molecular flexibility index (Phi) is 5.74. The molecule has 1 aromatic carbocycles. The summed E-state index contributed by atoms with van der Waals surface area (Å²) in [6.07, 6.45) is -0.115. The number of hydrogen-bond donors (Lipinski definition) is 2. The number of amides is 1. The fourth-order valence-electron chi connectivity index (χ4n) is 3.68. The number of carbonyl (C=O) groups excluding carboxylic acids is 1. The number of halogens is 3. The normalized spacial score (nSPS) is 16.7. The number of aromatic nitrogens is 4. The first-order valence-electron chi connectivity index (χ1n) is 11.0. The molecular weight excluding hydrogens is 487 g/mol. The van der Waals surface area contributed by atoms with Crippen molar-refractivity contribution in [3.63, 3.8) is 0 Å². The highest BCUT2D eigenvalue weighted by Gasteiger charge is 2.34. The average molecular weight is 507 g/mol. The molecule has 0 saturated heterocycles. The first-order chi connectivity index (χ1) is 16.6. The molecule has 2 saturated carbocycles. The smallest absolute Gasteiger partial charge is 0.477 e. The number of hydrogen-bond acceptors (Lipinski definition) is 7. The van der Waals surface area contributed by atoms with Crippen LogP contribution >= 0.6 is 11.3 Å². The van der Waals surface area contributed by atoms with E-state index in [1.165, 1.54) is 16.9 Å². The van der Waals surface area contributed by atoms with Gasteiger partial charge in [0.25, 0.3) is 5.91 Å². The second-order valence-electron chi connectivity index (χ2n) is 8.63. The Morgan fingerprint density at radius 1 is 1.20 bits per heavy atom. The van der Waals surface area contributed by atoms with Crippen molar-refractivity contribution >= 4 is 23.2 Å². The van der Waals surface area contributed by atoms with Crippen LogP contribution in [0.5, 0.6) is 5.75 Å². The third-order valence-corrected chi connectivity index (χ3v) is 6.65. The van der Waals surface area contributed by atoms with E-state index in [2.05, 4.69) is 25.1 Å². The number of carbonyl (C=O) groups is 2. The second kappa shape index (κ2) is 8.63. The molecule has 13 heteroatoms. The zero-order valence-corrected chi connectivity index (χ0v) is 19.2. The molecule has 0 radical (unpaired) electrons. The van der Waals surface area contributed by atoms with Gasteiger partial charge in [0.1, 0.15) is 10.6 Å². The molecule has 2 aliphatic rings. The first-order valence-corrected chi connectivity index (χ1v) is 11.8. The Bertz CT molecular complexity index is 1300. The summed E-state index contributed by atoms with van der Waals surface area (Å²) in [5, 5.41) is 16.7. The molecule has 2 aliphatic carbocycles. The van der Waals surface area contributed by atoms with E-state index in [0.29, 0.717) is 17.2 Å². The van der Waals surface area contributed by atoms with E-state index in [9.17, 15) is 27.9 Å². The van der Waals surface area contributed by atoms with E-state index in [1.807, 2.05) is 0 Å². The standard InChI is InChI=1S/C22H20F3N5O4S/c1-10(18-28-17(12-4-5-12)29-30(18)21-26-9-16(35-21)20(32)33)27-19(31)14-6-13(11-2-3-11)7-15(8-14)34-22(23,24)25/h6-12H,2-5H2,1H3,(H,27,31)(H,32,33)/t10-/m0/s1. The number of aromatic carboxylic acids is 1. The van der Waals surface area contributed by atoms with Crippen molar-refractivity contribution in [3.8, 4) is 10.9 Å². The lowest BCUT2D eigenvalue weighted by Crippen LogP contribution is -2.29. The van der Waals surface area contributed by atoms with Crippen molar-refractivity contribution in [2.75, 3.05) is 0 Å². The summed E-state index contributed by atoms with van der Waals surface area (Å²) >= 11 is 0.920. The maximum atomic E-state index is 13.0. The van der Waals surface area contributed by atoms with Crippen molar-refractivity contribution in [1.82, 2.24) is 25.1 Å². The number of benzene rings is 1. The van der Waals surface area contributed by atoms with E-state index < -0.39 is 30.0 Å². The highest BCUT2D eigenvalue weighted by molar-refractivity contribution is 7.15. The molecule has 0 unspecified atom stereocenters. The molecule has 184 valence electrons. The molecule has 2 fully saturated rings. The quantitative estimate of drug-likeness (QED) is 0.459. The largest absolute Gasteiger partial charge is 0.573 e. The van der Waals surface area contributed by atoms with Crippen molar-refractivity contribution in [3.05, 3.63) is 52.0 Å². The Labute approximate surface area is 201 Å². The number of nitrogens with one attached hydrogen (secondary N) is 1. The van der Waals surface area contributed by atoms with Gasteiger partial charge in [-0.1, -0.05) is 11.3 Å². The highest BCUT2D eigenvalue weighted by atomic mass is 32.1. The van der Waals surface area contributed by atoms with Crippen LogP contribution in [0.15, 0.2) is 24.4 Å². The molecule has 0 bridgehead atoms. The van der Waals surface area contributed by atoms with Crippen LogP contribution in [-0.4, -0.2) is 43.1 Å². The topological polar surface area (TPSA) is 119 Å². The number of carboxylic acid groups (broad SMARTS) is 1. The Hall–Kier alpha value is -3.48. The van der Waals surface area contributed by atoms with Crippen LogP contribution in [0.25, 0.3) is 5.13 Å². The SMILES string of the molecule is C[C@H](NC(=O)c1cc(OC(F)(F)F)cc(C2CC2)c1)c1nc(C2CC2)nn1-c1ncc(C(=O)O)s1. The lowest BCUT2D eigenvalue weighted by Gasteiger charge is -2.16. The van der Waals surface area contributed by atoms with Crippen LogP contribution in [0.3, 0.4) is 0 Å². The number of rotatable bonds is 8. The van der Waals surface area contributed by atoms with Crippen molar-refractivity contribution in [2.24, 2.45) is 0 Å². The van der Waals surface area contributed by atoms with Gasteiger partial charge in [-0.3, -0.25) is 4.79 Å². The summed E-state index contributed by atoms with van der Waals surface area (Å²) in [5.74, 6) is -0.946. The van der Waals surface area contributed by atoms with Gasteiger partial charge in [0.15, 0.2) is 11.6 Å². The highest BCUT2D eigenvalue weighted by Crippen LogP contribution is 2.42. The van der Waals surface area contributed by atoms with Crippen molar-refractivity contribution in [2.45, 2.75) is 56.8 Å². The maximum absolute atomic E-state index is 13.0. The fraction of sp³-hybridized carbons (Fsp3) is 0.409. The zero-order chi connectivity index (χ0) is 24.9. The van der Waals surface area contributed by atoms with E-state index in [4.69, 9.17) is 0 Å². The third-order valence-electron chi connectivity index (χ3n) is 5.68. The van der Waals surface area contributed by atoms with Crippen molar-refractivity contribution in [1.29, 1.82) is 0 Å². The van der Waals surface area contributed by atoms with Crippen LogP contribution in [0.2, 0.25) is 0 Å². The Balaban J connectivity index is 1.42. The number of alkyl halides is 3. The lowest BCUT2D eigenvalue weighted by molar-refractivity contribution is -0.274. The maximum Gasteiger partial charge on any atom is 0.573 e. The average Bonchev–Trinajstić information content (AvgIpc) is 3.70. The fourth-order valence-corrected chi connectivity index (χ4v) is 4.40. The molecule has 0 spiro atoms. The number of ether oxygens (including phenoxy) is 1. The molecule has 35 heavy (non-hydrogen) atoms. The summed E-state index contributed by atoms with van der Waals surface area (Å²) < 4.78 is 43.9. The Morgan fingerprint density at radius 2 is 1.91 bits per heavy atom. The minimum absolute atomic E-state index is 0.0280. The minimum atomic E-state index is -4.87. The lowest BCUT2D eigenvalue weighted by atomic mass is 10.1. The molecule has 2 aromatic heterocycles. The monoisotopic (exact) mass is 507 g/mol. The van der Waals surface area contributed by atoms with Gasteiger partial charge in [0.2, 0.25) is 5.13 Å². The van der Waals surface area contributed by atoms with Crippen LogP contribution in [-0.2, 0) is 0 Å². The molecule has 5 rings (SSSR count). The van der Waals surface area contributed by atoms with Crippen LogP contribution < -0.4 is 10.1 Å². The van der Waals surface area contributed by atoms with Gasteiger partial charge >= 0.3 is 12.3 Å². The minimum Gasteiger partial charge on any atom is -0.477 e. The number of carboxylic acids is 1. The van der Waals surface area contributed by atoms with Gasteiger partial charge in [-0.25, -0.2) is 14.8 Å². The zero-order valence-electron chi connectivity index (χ0n) is 18.4. The Morgan fingerprint density at radius 3 is 2.51 bits per heavy atom. The first kappa shape index (κ1) is 23.3. The van der Waals surface area contributed by atoms with Gasteiger partial charge in [-0.2, -0.15) is 4.68 Å². The molecule has 1 amide bonds. The van der Waals surface area contributed by atoms with Crippen LogP contribution in [0.1, 0.15) is 87.7 Å². The third kappa shape index (κ3) is 5.29. The number of thiazole rings is 1. The summed E-state index contributed by atoms with van der Waals surface area (Å²) in [6, 6.07) is 3.24. The van der Waals surface area contributed by atoms with E-state index >= 15 is 0 Å². The summed E-state index contributed by atoms with van der Waals surface area (Å²) in [5.41, 5.74) is 0.657.